The maximum Gasteiger partial charge on any atom is 0.217 e. The minimum atomic E-state index is 0.0630. The Bertz CT molecular complexity index is 789. The van der Waals surface area contributed by atoms with Crippen molar-refractivity contribution in [1.29, 1.82) is 0 Å². The second-order valence-electron chi connectivity index (χ2n) is 5.04. The van der Waals surface area contributed by atoms with Gasteiger partial charge in [0.2, 0.25) is 5.88 Å². The fourth-order valence-electron chi connectivity index (χ4n) is 2.35. The van der Waals surface area contributed by atoms with Gasteiger partial charge in [0.05, 0.1) is 5.52 Å². The van der Waals surface area contributed by atoms with E-state index in [1.165, 1.54) is 0 Å². The largest absolute Gasteiger partial charge is 0.473 e. The number of rotatable bonds is 5. The predicted molar refractivity (Wildman–Crippen MR) is 88.3 cm³/mol. The number of benzene rings is 2. The summed E-state index contributed by atoms with van der Waals surface area (Å²) in [5.74, 6) is 0.563. The highest BCUT2D eigenvalue weighted by atomic mass is 35.5. The first-order chi connectivity index (χ1) is 10.8. The van der Waals surface area contributed by atoms with E-state index in [1.54, 1.807) is 0 Å². The lowest BCUT2D eigenvalue weighted by Gasteiger charge is -2.11. The minimum Gasteiger partial charge on any atom is -0.473 e. The number of halogens is 1. The third kappa shape index (κ3) is 3.38. The molecule has 3 nitrogen and oxygen atoms in total. The van der Waals surface area contributed by atoms with E-state index in [0.717, 1.165) is 22.0 Å². The molecule has 1 heterocycles. The summed E-state index contributed by atoms with van der Waals surface area (Å²) in [6.07, 6.45) is 0.517. The fraction of sp³-hybridized carbons (Fsp3) is 0.167. The number of nitrogens with zero attached hydrogens (tertiary/aromatic N) is 1. The second-order valence-corrected chi connectivity index (χ2v) is 5.47. The van der Waals surface area contributed by atoms with Crippen LogP contribution in [0.1, 0.15) is 11.1 Å². The van der Waals surface area contributed by atoms with Crippen molar-refractivity contribution in [1.82, 2.24) is 4.98 Å². The Labute approximate surface area is 134 Å². The van der Waals surface area contributed by atoms with E-state index in [9.17, 15) is 5.11 Å². The zero-order valence-corrected chi connectivity index (χ0v) is 12.8. The summed E-state index contributed by atoms with van der Waals surface area (Å²) in [6, 6.07) is 17.4. The quantitative estimate of drug-likeness (QED) is 0.774. The van der Waals surface area contributed by atoms with Crippen LogP contribution in [0.4, 0.5) is 0 Å². The average molecular weight is 314 g/mol. The number of para-hydroxylation sites is 1. The molecule has 3 rings (SSSR count). The number of ether oxygens (including phenoxy) is 1. The summed E-state index contributed by atoms with van der Waals surface area (Å²) < 4.78 is 5.86. The van der Waals surface area contributed by atoms with Crippen LogP contribution in [0.15, 0.2) is 54.6 Å². The van der Waals surface area contributed by atoms with Crippen LogP contribution in [0.5, 0.6) is 5.88 Å². The summed E-state index contributed by atoms with van der Waals surface area (Å²) in [5, 5.41) is 11.0. The zero-order valence-electron chi connectivity index (χ0n) is 12.0. The van der Waals surface area contributed by atoms with Crippen molar-refractivity contribution in [3.05, 3.63) is 70.7 Å². The molecule has 0 bridgehead atoms. The van der Waals surface area contributed by atoms with E-state index in [-0.39, 0.29) is 6.61 Å². The standard InChI is InChI=1S/C18H16ClNO2/c19-16-6-3-4-13(10-16)12-22-18-15(8-9-21)11-14-5-1-2-7-17(14)20-18/h1-7,10-11,21H,8-9,12H2. The van der Waals surface area contributed by atoms with Crippen LogP contribution in [-0.4, -0.2) is 16.7 Å². The predicted octanol–water partition coefficient (Wildman–Crippen LogP) is 4.00. The molecule has 112 valence electrons. The highest BCUT2D eigenvalue weighted by Gasteiger charge is 2.08. The zero-order chi connectivity index (χ0) is 15.4. The molecule has 3 aromatic rings. The number of hydrogen-bond acceptors (Lipinski definition) is 3. The summed E-state index contributed by atoms with van der Waals surface area (Å²) in [7, 11) is 0. The molecule has 0 unspecified atom stereocenters. The van der Waals surface area contributed by atoms with Crippen molar-refractivity contribution in [2.45, 2.75) is 13.0 Å². The first-order valence-electron chi connectivity index (χ1n) is 7.13. The Balaban J connectivity index is 1.89. The van der Waals surface area contributed by atoms with Crippen LogP contribution in [0, 0.1) is 0 Å². The van der Waals surface area contributed by atoms with E-state index in [2.05, 4.69) is 4.98 Å². The normalized spacial score (nSPS) is 10.8. The highest BCUT2D eigenvalue weighted by molar-refractivity contribution is 6.30. The Morgan fingerprint density at radius 2 is 1.91 bits per heavy atom. The first kappa shape index (κ1) is 14.8. The molecule has 1 N–H and O–H groups in total. The van der Waals surface area contributed by atoms with Crippen LogP contribution in [0.25, 0.3) is 10.9 Å². The Morgan fingerprint density at radius 1 is 1.05 bits per heavy atom. The van der Waals surface area contributed by atoms with Crippen molar-refractivity contribution in [3.63, 3.8) is 0 Å². The molecule has 1 aromatic heterocycles. The molecular formula is C18H16ClNO2. The monoisotopic (exact) mass is 313 g/mol. The van der Waals surface area contributed by atoms with Gasteiger partial charge in [-0.15, -0.1) is 0 Å². The molecular weight excluding hydrogens is 298 g/mol. The van der Waals surface area contributed by atoms with Gasteiger partial charge in [0.1, 0.15) is 6.61 Å². The topological polar surface area (TPSA) is 42.4 Å². The van der Waals surface area contributed by atoms with Gasteiger partial charge in [0.15, 0.2) is 0 Å². The Morgan fingerprint density at radius 3 is 2.73 bits per heavy atom. The van der Waals surface area contributed by atoms with Crippen LogP contribution < -0.4 is 4.74 Å². The van der Waals surface area contributed by atoms with Crippen molar-refractivity contribution in [2.75, 3.05) is 6.61 Å². The molecule has 4 heteroatoms. The number of fused-ring (bicyclic) bond motifs is 1. The molecule has 22 heavy (non-hydrogen) atoms. The molecule has 0 saturated heterocycles. The molecule has 0 spiro atoms. The first-order valence-corrected chi connectivity index (χ1v) is 7.51. The van der Waals surface area contributed by atoms with Crippen LogP contribution in [-0.2, 0) is 13.0 Å². The maximum absolute atomic E-state index is 9.24. The Hall–Kier alpha value is -2.10. The summed E-state index contributed by atoms with van der Waals surface area (Å²) in [6.45, 7) is 0.456. The highest BCUT2D eigenvalue weighted by Crippen LogP contribution is 2.24. The molecule has 2 aromatic carbocycles. The smallest absolute Gasteiger partial charge is 0.217 e. The average Bonchev–Trinajstić information content (AvgIpc) is 2.53. The lowest BCUT2D eigenvalue weighted by Crippen LogP contribution is -2.03. The van der Waals surface area contributed by atoms with Gasteiger partial charge in [0, 0.05) is 29.0 Å². The van der Waals surface area contributed by atoms with E-state index in [1.807, 2.05) is 54.6 Å². The maximum atomic E-state index is 9.24. The summed E-state index contributed by atoms with van der Waals surface area (Å²) in [4.78, 5) is 4.56. The summed E-state index contributed by atoms with van der Waals surface area (Å²) in [5.41, 5.74) is 2.77. The molecule has 0 fully saturated rings. The van der Waals surface area contributed by atoms with Crippen molar-refractivity contribution in [3.8, 4) is 5.88 Å². The number of pyridine rings is 1. The van der Waals surface area contributed by atoms with Gasteiger partial charge >= 0.3 is 0 Å². The van der Waals surface area contributed by atoms with Gasteiger partial charge in [-0.3, -0.25) is 0 Å². The van der Waals surface area contributed by atoms with Crippen LogP contribution in [0.2, 0.25) is 5.02 Å². The molecule has 0 aliphatic heterocycles. The van der Waals surface area contributed by atoms with Crippen LogP contribution in [0.3, 0.4) is 0 Å². The molecule has 0 aliphatic carbocycles. The third-order valence-corrected chi connectivity index (χ3v) is 3.64. The van der Waals surface area contributed by atoms with Gasteiger partial charge in [-0.25, -0.2) is 4.98 Å². The van der Waals surface area contributed by atoms with Gasteiger partial charge in [-0.05, 0) is 29.8 Å². The number of aliphatic hydroxyl groups is 1. The second kappa shape index (κ2) is 6.77. The van der Waals surface area contributed by atoms with E-state index in [4.69, 9.17) is 16.3 Å². The van der Waals surface area contributed by atoms with Gasteiger partial charge in [0.25, 0.3) is 0 Å². The van der Waals surface area contributed by atoms with Gasteiger partial charge in [-0.2, -0.15) is 0 Å². The molecule has 0 atom stereocenters. The lowest BCUT2D eigenvalue weighted by molar-refractivity contribution is 0.277. The lowest BCUT2D eigenvalue weighted by atomic mass is 10.1. The van der Waals surface area contributed by atoms with Crippen molar-refractivity contribution in [2.24, 2.45) is 0 Å². The fourth-order valence-corrected chi connectivity index (χ4v) is 2.56. The third-order valence-electron chi connectivity index (χ3n) is 3.41. The Kier molecular flexibility index (Phi) is 4.56. The molecule has 0 saturated carbocycles. The number of aliphatic hydroxyl groups excluding tert-OH is 1. The van der Waals surface area contributed by atoms with Crippen molar-refractivity contribution < 1.29 is 9.84 Å². The van der Waals surface area contributed by atoms with Crippen LogP contribution >= 0.6 is 11.6 Å². The number of hydrogen-bond donors (Lipinski definition) is 1. The molecule has 0 aliphatic rings. The SMILES string of the molecule is OCCc1cc2ccccc2nc1OCc1cccc(Cl)c1. The minimum absolute atomic E-state index is 0.0630. The molecule has 0 amide bonds. The summed E-state index contributed by atoms with van der Waals surface area (Å²) >= 11 is 5.98. The van der Waals surface area contributed by atoms with Crippen molar-refractivity contribution >= 4 is 22.5 Å². The van der Waals surface area contributed by atoms with Gasteiger partial charge < -0.3 is 9.84 Å². The van der Waals surface area contributed by atoms with Gasteiger partial charge in [-0.1, -0.05) is 41.9 Å². The van der Waals surface area contributed by atoms with E-state index in [0.29, 0.717) is 23.9 Å². The van der Waals surface area contributed by atoms with E-state index >= 15 is 0 Å². The van der Waals surface area contributed by atoms with E-state index < -0.39 is 0 Å². The molecule has 0 radical (unpaired) electrons. The number of aromatic nitrogens is 1.